The number of aromatic nitrogens is 2. The predicted octanol–water partition coefficient (Wildman–Crippen LogP) is 5.02. The van der Waals surface area contributed by atoms with Crippen molar-refractivity contribution < 1.29 is 9.18 Å². The van der Waals surface area contributed by atoms with Gasteiger partial charge in [0, 0.05) is 29.6 Å². The first-order valence-electron chi connectivity index (χ1n) is 8.83. The molecule has 0 saturated carbocycles. The highest BCUT2D eigenvalue weighted by atomic mass is 19.1. The molecule has 0 aliphatic heterocycles. The molecule has 0 saturated heterocycles. The van der Waals surface area contributed by atoms with Gasteiger partial charge in [0.05, 0.1) is 0 Å². The molecular weight excluding hydrogens is 355 g/mol. The lowest BCUT2D eigenvalue weighted by molar-refractivity contribution is -0.114. The number of para-hydroxylation sites is 1. The summed E-state index contributed by atoms with van der Waals surface area (Å²) in [7, 11) is 0. The molecular formula is C22H21FN4O. The van der Waals surface area contributed by atoms with Crippen molar-refractivity contribution in [1.82, 2.24) is 9.97 Å². The molecule has 2 aromatic carbocycles. The number of halogens is 1. The van der Waals surface area contributed by atoms with Crippen LogP contribution in [0.4, 0.5) is 27.5 Å². The van der Waals surface area contributed by atoms with Crippen LogP contribution in [-0.4, -0.2) is 15.8 Å². The zero-order valence-electron chi connectivity index (χ0n) is 15.8. The van der Waals surface area contributed by atoms with E-state index in [1.165, 1.54) is 18.2 Å². The summed E-state index contributed by atoms with van der Waals surface area (Å²) in [6.07, 6.45) is 3.25. The third-order valence-corrected chi connectivity index (χ3v) is 4.28. The van der Waals surface area contributed by atoms with Crippen LogP contribution in [0.3, 0.4) is 0 Å². The minimum atomic E-state index is -0.334. The van der Waals surface area contributed by atoms with Gasteiger partial charge in [-0.15, -0.1) is 0 Å². The molecule has 0 spiro atoms. The van der Waals surface area contributed by atoms with Crippen LogP contribution < -0.4 is 10.6 Å². The van der Waals surface area contributed by atoms with Gasteiger partial charge in [0.2, 0.25) is 5.95 Å². The summed E-state index contributed by atoms with van der Waals surface area (Å²) < 4.78 is 13.5. The lowest BCUT2D eigenvalue weighted by Gasteiger charge is -2.14. The van der Waals surface area contributed by atoms with E-state index in [1.807, 2.05) is 38.1 Å². The molecule has 0 amide bonds. The Labute approximate surface area is 163 Å². The number of nitrogens with one attached hydrogen (secondary N) is 2. The second-order valence-corrected chi connectivity index (χ2v) is 6.44. The van der Waals surface area contributed by atoms with Crippen molar-refractivity contribution in [2.45, 2.75) is 20.3 Å². The Hall–Kier alpha value is -3.54. The van der Waals surface area contributed by atoms with Crippen LogP contribution in [0.2, 0.25) is 0 Å². The average Bonchev–Trinajstić information content (AvgIpc) is 2.68. The molecule has 5 nitrogen and oxygen atoms in total. The Morgan fingerprint density at radius 3 is 2.68 bits per heavy atom. The van der Waals surface area contributed by atoms with E-state index in [1.54, 1.807) is 12.3 Å². The summed E-state index contributed by atoms with van der Waals surface area (Å²) in [5.74, 6) is 0.559. The molecule has 0 unspecified atom stereocenters. The lowest BCUT2D eigenvalue weighted by Crippen LogP contribution is -2.06. The van der Waals surface area contributed by atoms with Gasteiger partial charge < -0.3 is 10.6 Å². The summed E-state index contributed by atoms with van der Waals surface area (Å²) in [6.45, 7) is 7.29. The van der Waals surface area contributed by atoms with Crippen molar-refractivity contribution in [1.29, 1.82) is 0 Å². The molecule has 3 aromatic rings. The molecule has 0 bridgehead atoms. The normalized spacial score (nSPS) is 10.4. The Morgan fingerprint density at radius 1 is 1.11 bits per heavy atom. The van der Waals surface area contributed by atoms with Gasteiger partial charge in [-0.1, -0.05) is 30.8 Å². The number of benzene rings is 2. The predicted molar refractivity (Wildman–Crippen MR) is 110 cm³/mol. The van der Waals surface area contributed by atoms with Crippen molar-refractivity contribution in [3.05, 3.63) is 83.8 Å². The fourth-order valence-electron chi connectivity index (χ4n) is 2.66. The van der Waals surface area contributed by atoms with Crippen LogP contribution in [0, 0.1) is 19.7 Å². The maximum Gasteiger partial charge on any atom is 0.229 e. The van der Waals surface area contributed by atoms with Crippen molar-refractivity contribution in [2.75, 3.05) is 10.6 Å². The topological polar surface area (TPSA) is 66.9 Å². The second-order valence-electron chi connectivity index (χ2n) is 6.44. The van der Waals surface area contributed by atoms with Gasteiger partial charge in [-0.05, 0) is 49.2 Å². The molecule has 3 rings (SSSR count). The zero-order valence-corrected chi connectivity index (χ0v) is 15.8. The first kappa shape index (κ1) is 19.2. The van der Waals surface area contributed by atoms with E-state index in [0.29, 0.717) is 17.5 Å². The molecule has 6 heteroatoms. The Balaban J connectivity index is 1.88. The van der Waals surface area contributed by atoms with Crippen LogP contribution in [0.1, 0.15) is 16.7 Å². The largest absolute Gasteiger partial charge is 0.340 e. The van der Waals surface area contributed by atoms with Crippen molar-refractivity contribution in [2.24, 2.45) is 0 Å². The summed E-state index contributed by atoms with van der Waals surface area (Å²) in [4.78, 5) is 20.5. The molecule has 0 radical (unpaired) electrons. The monoisotopic (exact) mass is 376 g/mol. The lowest BCUT2D eigenvalue weighted by atomic mass is 10.1. The molecule has 1 heterocycles. The van der Waals surface area contributed by atoms with Gasteiger partial charge in [0.1, 0.15) is 11.6 Å². The van der Waals surface area contributed by atoms with Gasteiger partial charge in [-0.2, -0.15) is 4.98 Å². The molecule has 142 valence electrons. The molecule has 2 N–H and O–H groups in total. The summed E-state index contributed by atoms with van der Waals surface area (Å²) >= 11 is 0. The van der Waals surface area contributed by atoms with Crippen LogP contribution in [0.25, 0.3) is 0 Å². The highest BCUT2D eigenvalue weighted by Gasteiger charge is 2.10. The SMILES string of the molecule is C=CC(=O)Cc1ccccc1Nc1nc(Nc2cc(F)ccc2C)ncc1C. The van der Waals surface area contributed by atoms with E-state index in [9.17, 15) is 9.18 Å². The van der Waals surface area contributed by atoms with E-state index < -0.39 is 0 Å². The summed E-state index contributed by atoms with van der Waals surface area (Å²) in [6, 6.07) is 12.0. The van der Waals surface area contributed by atoms with E-state index in [2.05, 4.69) is 27.2 Å². The molecule has 1 aromatic heterocycles. The summed E-state index contributed by atoms with van der Waals surface area (Å²) in [5, 5.41) is 6.32. The number of carbonyl (C=O) groups is 1. The molecule has 28 heavy (non-hydrogen) atoms. The third kappa shape index (κ3) is 4.59. The van der Waals surface area contributed by atoms with E-state index in [4.69, 9.17) is 0 Å². The number of ketones is 1. The molecule has 0 fully saturated rings. The highest BCUT2D eigenvalue weighted by Crippen LogP contribution is 2.25. The number of allylic oxidation sites excluding steroid dienone is 1. The quantitative estimate of drug-likeness (QED) is 0.567. The van der Waals surface area contributed by atoms with Gasteiger partial charge in [0.15, 0.2) is 5.78 Å². The maximum atomic E-state index is 13.5. The van der Waals surface area contributed by atoms with Crippen molar-refractivity contribution in [3.63, 3.8) is 0 Å². The average molecular weight is 376 g/mol. The van der Waals surface area contributed by atoms with Crippen LogP contribution >= 0.6 is 0 Å². The smallest absolute Gasteiger partial charge is 0.229 e. The second kappa shape index (κ2) is 8.43. The number of carbonyl (C=O) groups excluding carboxylic acids is 1. The number of hydrogen-bond acceptors (Lipinski definition) is 5. The Morgan fingerprint density at radius 2 is 1.89 bits per heavy atom. The Bertz CT molecular complexity index is 1030. The molecule has 0 aliphatic rings. The number of nitrogens with zero attached hydrogens (tertiary/aromatic N) is 2. The van der Waals surface area contributed by atoms with E-state index in [-0.39, 0.29) is 18.0 Å². The summed E-state index contributed by atoms with van der Waals surface area (Å²) in [5.41, 5.74) is 3.96. The van der Waals surface area contributed by atoms with Crippen LogP contribution in [-0.2, 0) is 11.2 Å². The maximum absolute atomic E-state index is 13.5. The zero-order chi connectivity index (χ0) is 20.1. The van der Waals surface area contributed by atoms with Crippen LogP contribution in [0.15, 0.2) is 61.3 Å². The fourth-order valence-corrected chi connectivity index (χ4v) is 2.66. The number of aryl methyl sites for hydroxylation is 2. The van der Waals surface area contributed by atoms with E-state index in [0.717, 1.165) is 22.4 Å². The standard InChI is InChI=1S/C22H21FN4O/c1-4-18(28)11-16-7-5-6-8-19(16)25-21-15(3)13-24-22(27-21)26-20-12-17(23)10-9-14(20)2/h4-10,12-13H,1,11H2,2-3H3,(H2,24,25,26,27). The highest BCUT2D eigenvalue weighted by molar-refractivity contribution is 5.92. The minimum absolute atomic E-state index is 0.0578. The van der Waals surface area contributed by atoms with Crippen molar-refractivity contribution in [3.8, 4) is 0 Å². The molecule has 0 atom stereocenters. The van der Waals surface area contributed by atoms with Crippen molar-refractivity contribution >= 4 is 28.9 Å². The first-order valence-corrected chi connectivity index (χ1v) is 8.83. The fraction of sp³-hybridized carbons (Fsp3) is 0.136. The van der Waals surface area contributed by atoms with Gasteiger partial charge >= 0.3 is 0 Å². The number of rotatable bonds is 7. The third-order valence-electron chi connectivity index (χ3n) is 4.28. The van der Waals surface area contributed by atoms with Gasteiger partial charge in [0.25, 0.3) is 0 Å². The number of hydrogen-bond donors (Lipinski definition) is 2. The molecule has 0 aliphatic carbocycles. The minimum Gasteiger partial charge on any atom is -0.340 e. The Kier molecular flexibility index (Phi) is 5.79. The van der Waals surface area contributed by atoms with Crippen LogP contribution in [0.5, 0.6) is 0 Å². The van der Waals surface area contributed by atoms with E-state index >= 15 is 0 Å². The van der Waals surface area contributed by atoms with Gasteiger partial charge in [-0.25, -0.2) is 9.37 Å². The van der Waals surface area contributed by atoms with Gasteiger partial charge in [-0.3, -0.25) is 4.79 Å². The number of anilines is 4. The first-order chi connectivity index (χ1) is 13.5.